The maximum absolute atomic E-state index is 5.62. The van der Waals surface area contributed by atoms with Crippen LogP contribution in [-0.4, -0.2) is 6.54 Å². The van der Waals surface area contributed by atoms with Crippen LogP contribution >= 0.6 is 0 Å². The van der Waals surface area contributed by atoms with Gasteiger partial charge >= 0.3 is 0 Å². The van der Waals surface area contributed by atoms with Gasteiger partial charge in [-0.25, -0.2) is 0 Å². The number of hydrogen-bond acceptors (Lipinski definition) is 1. The predicted octanol–water partition coefficient (Wildman–Crippen LogP) is 1.72. The van der Waals surface area contributed by atoms with Crippen LogP contribution < -0.4 is 5.73 Å². The van der Waals surface area contributed by atoms with Crippen molar-refractivity contribution < 1.29 is 25.8 Å². The Kier molecular flexibility index (Phi) is 4.95. The van der Waals surface area contributed by atoms with E-state index in [0.29, 0.717) is 6.54 Å². The maximum atomic E-state index is 5.62. The van der Waals surface area contributed by atoms with Crippen LogP contribution in [0.3, 0.4) is 0 Å². The summed E-state index contributed by atoms with van der Waals surface area (Å²) in [6.07, 6.45) is 0. The summed E-state index contributed by atoms with van der Waals surface area (Å²) in [5.74, 6) is 0. The quantitative estimate of drug-likeness (QED) is 0.711. The number of rotatable bonds is 2. The molecule has 2 heteroatoms. The third-order valence-corrected chi connectivity index (χ3v) is 1.95. The van der Waals surface area contributed by atoms with Gasteiger partial charge in [-0.1, -0.05) is 13.8 Å². The van der Waals surface area contributed by atoms with Crippen LogP contribution in [0.1, 0.15) is 19.4 Å². The average molecular weight is 193 g/mol. The van der Waals surface area contributed by atoms with Gasteiger partial charge in [-0.3, -0.25) is 0 Å². The van der Waals surface area contributed by atoms with Gasteiger partial charge in [0.1, 0.15) is 0 Å². The molecule has 0 atom stereocenters. The topological polar surface area (TPSA) is 26.0 Å². The zero-order chi connectivity index (χ0) is 8.32. The second-order valence-corrected chi connectivity index (χ2v) is 3.36. The molecule has 0 bridgehead atoms. The summed E-state index contributed by atoms with van der Waals surface area (Å²) in [6, 6.07) is 11.2. The van der Waals surface area contributed by atoms with Crippen molar-refractivity contribution in [1.29, 1.82) is 0 Å². The fourth-order valence-corrected chi connectivity index (χ4v) is 0.924. The van der Waals surface area contributed by atoms with Crippen LogP contribution in [0.15, 0.2) is 24.3 Å². The maximum Gasteiger partial charge on any atom is 0 e. The molecule has 0 fully saturated rings. The van der Waals surface area contributed by atoms with Gasteiger partial charge in [0, 0.05) is 25.8 Å². The first-order chi connectivity index (χ1) is 5.17. The second-order valence-electron chi connectivity index (χ2n) is 3.36. The van der Waals surface area contributed by atoms with Crippen molar-refractivity contribution in [3.8, 4) is 0 Å². The van der Waals surface area contributed by atoms with Crippen LogP contribution in [0, 0.1) is 6.07 Å². The molecular formula is C10H14NSc-. The molecule has 0 spiro atoms. The van der Waals surface area contributed by atoms with Gasteiger partial charge in [0.25, 0.3) is 0 Å². The molecular weight excluding hydrogens is 179 g/mol. The minimum atomic E-state index is 0. The van der Waals surface area contributed by atoms with E-state index in [0.717, 1.165) is 0 Å². The Morgan fingerprint density at radius 2 is 2.08 bits per heavy atom. The zero-order valence-corrected chi connectivity index (χ0v) is 9.47. The molecule has 2 N–H and O–H groups in total. The summed E-state index contributed by atoms with van der Waals surface area (Å²) in [7, 11) is 0. The van der Waals surface area contributed by atoms with Crippen molar-refractivity contribution in [2.45, 2.75) is 19.3 Å². The average Bonchev–Trinajstić information content (AvgIpc) is 2.06. The number of hydrogen-bond donors (Lipinski definition) is 1. The molecule has 0 aliphatic carbocycles. The van der Waals surface area contributed by atoms with Crippen molar-refractivity contribution in [3.63, 3.8) is 0 Å². The normalized spacial score (nSPS) is 10.6. The first-order valence-corrected chi connectivity index (χ1v) is 3.84. The van der Waals surface area contributed by atoms with Gasteiger partial charge in [-0.15, -0.1) is 0 Å². The smallest absolute Gasteiger partial charge is 0 e. The number of benzene rings is 1. The molecule has 0 amide bonds. The Hall–Kier alpha value is 0.0501. The Morgan fingerprint density at radius 1 is 1.42 bits per heavy atom. The minimum absolute atomic E-state index is 0. The summed E-state index contributed by atoms with van der Waals surface area (Å²) in [5.41, 5.74) is 6.86. The molecule has 0 heterocycles. The van der Waals surface area contributed by atoms with E-state index >= 15 is 0 Å². The first-order valence-electron chi connectivity index (χ1n) is 3.84. The molecule has 0 saturated carbocycles. The Bertz CT molecular complexity index is 219. The van der Waals surface area contributed by atoms with E-state index in [1.807, 2.05) is 18.2 Å². The van der Waals surface area contributed by atoms with E-state index < -0.39 is 0 Å². The molecule has 1 nitrogen and oxygen atoms in total. The first kappa shape index (κ1) is 12.1. The molecule has 1 rings (SSSR count). The molecule has 0 aliphatic rings. The fourth-order valence-electron chi connectivity index (χ4n) is 0.924. The summed E-state index contributed by atoms with van der Waals surface area (Å²) < 4.78 is 0. The molecule has 1 radical (unpaired) electrons. The van der Waals surface area contributed by atoms with Gasteiger partial charge in [0.15, 0.2) is 0 Å². The third-order valence-electron chi connectivity index (χ3n) is 1.95. The minimum Gasteiger partial charge on any atom is -0.330 e. The fraction of sp³-hybridized carbons (Fsp3) is 0.400. The van der Waals surface area contributed by atoms with Crippen LogP contribution in [0.5, 0.6) is 0 Å². The summed E-state index contributed by atoms with van der Waals surface area (Å²) in [6.45, 7) is 4.91. The van der Waals surface area contributed by atoms with Gasteiger partial charge in [0.05, 0.1) is 0 Å². The largest absolute Gasteiger partial charge is 0.330 e. The Labute approximate surface area is 93.1 Å². The summed E-state index contributed by atoms with van der Waals surface area (Å²) >= 11 is 0. The van der Waals surface area contributed by atoms with E-state index in [1.165, 1.54) is 5.56 Å². The van der Waals surface area contributed by atoms with Crippen molar-refractivity contribution in [3.05, 3.63) is 35.9 Å². The molecule has 0 aromatic heterocycles. The number of nitrogens with two attached hydrogens (primary N) is 1. The molecule has 1 aromatic rings. The van der Waals surface area contributed by atoms with Crippen molar-refractivity contribution >= 4 is 0 Å². The van der Waals surface area contributed by atoms with Crippen LogP contribution in [-0.2, 0) is 31.3 Å². The SMILES string of the molecule is CC(C)(CN)c1[c-]cccc1.[Sc]. The monoisotopic (exact) mass is 193 g/mol. The van der Waals surface area contributed by atoms with E-state index in [1.54, 1.807) is 0 Å². The van der Waals surface area contributed by atoms with E-state index in [2.05, 4.69) is 26.0 Å². The Morgan fingerprint density at radius 3 is 2.50 bits per heavy atom. The molecule has 63 valence electrons. The molecule has 12 heavy (non-hydrogen) atoms. The predicted molar refractivity (Wildman–Crippen MR) is 47.4 cm³/mol. The summed E-state index contributed by atoms with van der Waals surface area (Å²) in [5, 5.41) is 0. The third kappa shape index (κ3) is 2.83. The standard InChI is InChI=1S/C10H14N.Sc/c1-10(2,8-11)9-6-4-3-5-7-9;/h3-6H,8,11H2,1-2H3;/q-1;. The van der Waals surface area contributed by atoms with Gasteiger partial charge < -0.3 is 5.73 Å². The molecule has 0 aliphatic heterocycles. The van der Waals surface area contributed by atoms with Crippen molar-refractivity contribution in [2.24, 2.45) is 5.73 Å². The summed E-state index contributed by atoms with van der Waals surface area (Å²) in [4.78, 5) is 0. The molecule has 0 unspecified atom stereocenters. The van der Waals surface area contributed by atoms with E-state index in [9.17, 15) is 0 Å². The Balaban J connectivity index is 0.00000121. The van der Waals surface area contributed by atoms with Gasteiger partial charge in [0.2, 0.25) is 0 Å². The van der Waals surface area contributed by atoms with Crippen molar-refractivity contribution in [2.75, 3.05) is 6.54 Å². The van der Waals surface area contributed by atoms with Crippen LogP contribution in [0.4, 0.5) is 0 Å². The molecule has 0 saturated heterocycles. The van der Waals surface area contributed by atoms with E-state index in [4.69, 9.17) is 5.73 Å². The van der Waals surface area contributed by atoms with Crippen LogP contribution in [0.25, 0.3) is 0 Å². The zero-order valence-electron chi connectivity index (χ0n) is 7.67. The van der Waals surface area contributed by atoms with Gasteiger partial charge in [-0.05, 0) is 12.0 Å². The molecule has 1 aromatic carbocycles. The van der Waals surface area contributed by atoms with E-state index in [-0.39, 0.29) is 31.3 Å². The van der Waals surface area contributed by atoms with Crippen molar-refractivity contribution in [1.82, 2.24) is 0 Å². The second kappa shape index (κ2) is 4.93. The van der Waals surface area contributed by atoms with Crippen LogP contribution in [0.2, 0.25) is 0 Å². The van der Waals surface area contributed by atoms with Gasteiger partial charge in [-0.2, -0.15) is 35.9 Å².